The number of hydrogen-bond acceptors (Lipinski definition) is 6. The second-order valence-electron chi connectivity index (χ2n) is 7.46. The smallest absolute Gasteiger partial charge is 0.253 e. The summed E-state index contributed by atoms with van der Waals surface area (Å²) < 4.78 is 57.7. The molecule has 2 aromatic rings. The van der Waals surface area contributed by atoms with E-state index in [-0.39, 0.29) is 29.3 Å². The molecule has 0 bridgehead atoms. The Labute approximate surface area is 188 Å². The largest absolute Gasteiger partial charge is 0.492 e. The van der Waals surface area contributed by atoms with E-state index >= 15 is 0 Å². The molecule has 0 unspecified atom stereocenters. The third-order valence-corrected chi connectivity index (χ3v) is 7.40. The Morgan fingerprint density at radius 2 is 1.62 bits per heavy atom. The molecular formula is C21H27N3O6S2. The summed E-state index contributed by atoms with van der Waals surface area (Å²) in [6, 6.07) is 12.5. The van der Waals surface area contributed by atoms with Gasteiger partial charge in [-0.1, -0.05) is 18.6 Å². The maximum Gasteiger partial charge on any atom is 0.253 e. The molecule has 1 heterocycles. The predicted octanol–water partition coefficient (Wildman–Crippen LogP) is 2.04. The van der Waals surface area contributed by atoms with Crippen LogP contribution in [0.1, 0.15) is 29.6 Å². The minimum atomic E-state index is -3.52. The van der Waals surface area contributed by atoms with E-state index in [1.54, 1.807) is 24.3 Å². The van der Waals surface area contributed by atoms with Crippen molar-refractivity contribution in [3.63, 3.8) is 0 Å². The van der Waals surface area contributed by atoms with Gasteiger partial charge < -0.3 is 10.1 Å². The fraction of sp³-hybridized carbons (Fsp3) is 0.381. The highest BCUT2D eigenvalue weighted by molar-refractivity contribution is 7.92. The lowest BCUT2D eigenvalue weighted by atomic mass is 10.1. The second-order valence-corrected chi connectivity index (χ2v) is 11.1. The number of anilines is 1. The molecule has 32 heavy (non-hydrogen) atoms. The maximum atomic E-state index is 12.7. The number of benzene rings is 2. The van der Waals surface area contributed by atoms with Crippen LogP contribution in [0, 0.1) is 0 Å². The first-order valence-electron chi connectivity index (χ1n) is 10.2. The van der Waals surface area contributed by atoms with E-state index < -0.39 is 26.0 Å². The molecule has 2 N–H and O–H groups in total. The summed E-state index contributed by atoms with van der Waals surface area (Å²) >= 11 is 0. The number of nitrogens with one attached hydrogen (secondary N) is 2. The molecule has 11 heteroatoms. The summed E-state index contributed by atoms with van der Waals surface area (Å²) in [6.07, 6.45) is 3.82. The minimum absolute atomic E-state index is 0.158. The van der Waals surface area contributed by atoms with E-state index in [9.17, 15) is 21.6 Å². The van der Waals surface area contributed by atoms with Gasteiger partial charge in [0.2, 0.25) is 20.0 Å². The summed E-state index contributed by atoms with van der Waals surface area (Å²) in [6.45, 7) is 1.43. The molecule has 1 aliphatic heterocycles. The van der Waals surface area contributed by atoms with Crippen LogP contribution in [0.5, 0.6) is 5.75 Å². The fourth-order valence-corrected chi connectivity index (χ4v) is 5.46. The van der Waals surface area contributed by atoms with Crippen molar-refractivity contribution in [1.82, 2.24) is 9.62 Å². The van der Waals surface area contributed by atoms with Crippen LogP contribution >= 0.6 is 0 Å². The zero-order valence-electron chi connectivity index (χ0n) is 17.8. The van der Waals surface area contributed by atoms with Crippen LogP contribution in [-0.4, -0.2) is 59.5 Å². The molecule has 2 aromatic carbocycles. The number of rotatable bonds is 9. The van der Waals surface area contributed by atoms with Crippen LogP contribution < -0.4 is 14.8 Å². The molecule has 0 aliphatic carbocycles. The maximum absolute atomic E-state index is 12.7. The average molecular weight is 482 g/mol. The third kappa shape index (κ3) is 6.44. The summed E-state index contributed by atoms with van der Waals surface area (Å²) in [5.74, 6) is 0.0410. The van der Waals surface area contributed by atoms with Crippen molar-refractivity contribution in [2.45, 2.75) is 24.2 Å². The lowest BCUT2D eigenvalue weighted by Gasteiger charge is -2.25. The van der Waals surface area contributed by atoms with E-state index in [0.29, 0.717) is 18.8 Å². The van der Waals surface area contributed by atoms with Gasteiger partial charge in [-0.3, -0.25) is 9.52 Å². The number of carbonyl (C=O) groups excluding carboxylic acids is 1. The zero-order chi connectivity index (χ0) is 23.2. The first-order valence-corrected chi connectivity index (χ1v) is 13.6. The lowest BCUT2D eigenvalue weighted by Crippen LogP contribution is -2.35. The van der Waals surface area contributed by atoms with Crippen molar-refractivity contribution in [2.24, 2.45) is 0 Å². The van der Waals surface area contributed by atoms with Crippen molar-refractivity contribution < 1.29 is 26.4 Å². The molecule has 0 aromatic heterocycles. The topological polar surface area (TPSA) is 122 Å². The van der Waals surface area contributed by atoms with Crippen molar-refractivity contribution in [1.29, 1.82) is 0 Å². The van der Waals surface area contributed by atoms with Gasteiger partial charge in [0.05, 0.1) is 28.9 Å². The van der Waals surface area contributed by atoms with Gasteiger partial charge in [-0.15, -0.1) is 0 Å². The van der Waals surface area contributed by atoms with Gasteiger partial charge in [-0.25, -0.2) is 16.8 Å². The Hall–Kier alpha value is -2.63. The Bertz CT molecular complexity index is 1140. The van der Waals surface area contributed by atoms with E-state index in [1.165, 1.54) is 28.6 Å². The van der Waals surface area contributed by atoms with Crippen molar-refractivity contribution in [3.8, 4) is 5.75 Å². The molecule has 1 amide bonds. The van der Waals surface area contributed by atoms with Gasteiger partial charge in [0.15, 0.2) is 0 Å². The molecule has 0 atom stereocenters. The Morgan fingerprint density at radius 3 is 2.28 bits per heavy atom. The van der Waals surface area contributed by atoms with Gasteiger partial charge in [0.1, 0.15) is 12.4 Å². The van der Waals surface area contributed by atoms with Crippen LogP contribution in [0.2, 0.25) is 0 Å². The van der Waals surface area contributed by atoms with Gasteiger partial charge in [-0.2, -0.15) is 4.31 Å². The molecule has 0 saturated carbocycles. The molecule has 0 radical (unpaired) electrons. The standard InChI is InChI=1S/C21H27N3O6S2/c1-31(26,27)23-20-8-4-3-7-19(20)21(25)22-13-16-30-17-9-11-18(12-10-17)32(28,29)24-14-5-2-6-15-24/h3-4,7-12,23H,2,5-6,13-16H2,1H3,(H,22,25). The Balaban J connectivity index is 1.52. The second kappa shape index (κ2) is 10.3. The predicted molar refractivity (Wildman–Crippen MR) is 122 cm³/mol. The average Bonchev–Trinajstić information content (AvgIpc) is 2.77. The van der Waals surface area contributed by atoms with E-state index in [0.717, 1.165) is 25.5 Å². The molecule has 1 aliphatic rings. The van der Waals surface area contributed by atoms with Gasteiger partial charge in [0.25, 0.3) is 5.91 Å². The third-order valence-electron chi connectivity index (χ3n) is 4.90. The number of sulfonamides is 2. The lowest BCUT2D eigenvalue weighted by molar-refractivity contribution is 0.0948. The van der Waals surface area contributed by atoms with Crippen LogP contribution in [-0.2, 0) is 20.0 Å². The van der Waals surface area contributed by atoms with Crippen LogP contribution in [0.25, 0.3) is 0 Å². The van der Waals surface area contributed by atoms with Gasteiger partial charge in [-0.05, 0) is 49.2 Å². The summed E-state index contributed by atoms with van der Waals surface area (Å²) in [5, 5.41) is 2.67. The quantitative estimate of drug-likeness (QED) is 0.529. The van der Waals surface area contributed by atoms with Gasteiger partial charge in [0, 0.05) is 13.1 Å². The van der Waals surface area contributed by atoms with Crippen molar-refractivity contribution >= 4 is 31.6 Å². The molecule has 174 valence electrons. The summed E-state index contributed by atoms with van der Waals surface area (Å²) in [4.78, 5) is 12.6. The van der Waals surface area contributed by atoms with Crippen LogP contribution in [0.15, 0.2) is 53.4 Å². The highest BCUT2D eigenvalue weighted by Gasteiger charge is 2.25. The van der Waals surface area contributed by atoms with E-state index in [1.807, 2.05) is 0 Å². The highest BCUT2D eigenvalue weighted by Crippen LogP contribution is 2.22. The number of nitrogens with zero attached hydrogens (tertiary/aromatic N) is 1. The number of ether oxygens (including phenoxy) is 1. The molecule has 3 rings (SSSR count). The van der Waals surface area contributed by atoms with Crippen LogP contribution in [0.4, 0.5) is 5.69 Å². The Morgan fingerprint density at radius 1 is 0.969 bits per heavy atom. The molecular weight excluding hydrogens is 454 g/mol. The van der Waals surface area contributed by atoms with E-state index in [2.05, 4.69) is 10.0 Å². The first-order chi connectivity index (χ1) is 15.2. The zero-order valence-corrected chi connectivity index (χ0v) is 19.4. The highest BCUT2D eigenvalue weighted by atomic mass is 32.2. The number of amides is 1. The van der Waals surface area contributed by atoms with E-state index in [4.69, 9.17) is 4.74 Å². The molecule has 1 fully saturated rings. The SMILES string of the molecule is CS(=O)(=O)Nc1ccccc1C(=O)NCCOc1ccc(S(=O)(=O)N2CCCCC2)cc1. The Kier molecular flexibility index (Phi) is 7.75. The monoisotopic (exact) mass is 481 g/mol. The molecule has 1 saturated heterocycles. The van der Waals surface area contributed by atoms with Crippen molar-refractivity contribution in [2.75, 3.05) is 37.2 Å². The first kappa shape index (κ1) is 24.0. The number of hydrogen-bond donors (Lipinski definition) is 2. The van der Waals surface area contributed by atoms with Crippen molar-refractivity contribution in [3.05, 3.63) is 54.1 Å². The summed E-state index contributed by atoms with van der Waals surface area (Å²) in [7, 11) is -7.01. The fourth-order valence-electron chi connectivity index (χ4n) is 3.36. The normalized spacial score (nSPS) is 15.2. The number of para-hydroxylation sites is 1. The summed E-state index contributed by atoms with van der Waals surface area (Å²) in [5.41, 5.74) is 0.393. The van der Waals surface area contributed by atoms with Gasteiger partial charge >= 0.3 is 0 Å². The molecule has 0 spiro atoms. The molecule has 9 nitrogen and oxygen atoms in total. The minimum Gasteiger partial charge on any atom is -0.492 e. The van der Waals surface area contributed by atoms with Crippen LogP contribution in [0.3, 0.4) is 0 Å². The number of carbonyl (C=O) groups is 1. The number of piperidine rings is 1.